The molecule has 2 unspecified atom stereocenters. The maximum atomic E-state index is 5.99. The number of fused-ring (bicyclic) bond motifs is 1. The fraction of sp³-hybridized carbons (Fsp3) is 0.700. The van der Waals surface area contributed by atoms with Gasteiger partial charge in [0.05, 0.1) is 11.7 Å². The highest BCUT2D eigenvalue weighted by atomic mass is 15.2. The number of aryl methyl sites for hydroxylation is 1. The van der Waals surface area contributed by atoms with Gasteiger partial charge in [-0.05, 0) is 20.9 Å². The molecule has 4 heteroatoms. The molecule has 0 aromatic carbocycles. The number of nitrogens with two attached hydrogens (primary N) is 1. The molecule has 2 heterocycles. The van der Waals surface area contributed by atoms with Crippen molar-refractivity contribution in [2.24, 2.45) is 5.73 Å². The summed E-state index contributed by atoms with van der Waals surface area (Å²) in [6, 6.07) is 0.394. The minimum absolute atomic E-state index is 0.127. The van der Waals surface area contributed by atoms with Gasteiger partial charge in [-0.25, -0.2) is 4.98 Å². The van der Waals surface area contributed by atoms with Gasteiger partial charge in [-0.1, -0.05) is 0 Å². The number of imidazole rings is 1. The van der Waals surface area contributed by atoms with Crippen LogP contribution >= 0.6 is 0 Å². The summed E-state index contributed by atoms with van der Waals surface area (Å²) in [6.45, 7) is 5.09. The van der Waals surface area contributed by atoms with E-state index in [9.17, 15) is 0 Å². The third-order valence-electron chi connectivity index (χ3n) is 2.90. The van der Waals surface area contributed by atoms with E-state index >= 15 is 0 Å². The van der Waals surface area contributed by atoms with Crippen LogP contribution in [0.3, 0.4) is 0 Å². The predicted octanol–water partition coefficient (Wildman–Crippen LogP) is 0.594. The molecule has 1 aliphatic heterocycles. The molecule has 0 fully saturated rings. The number of aromatic nitrogens is 2. The summed E-state index contributed by atoms with van der Waals surface area (Å²) in [5.74, 6) is 0.996. The topological polar surface area (TPSA) is 57.9 Å². The molecule has 0 saturated heterocycles. The van der Waals surface area contributed by atoms with Crippen molar-refractivity contribution in [3.8, 4) is 0 Å². The lowest BCUT2D eigenvalue weighted by atomic mass is 9.98. The van der Waals surface area contributed by atoms with Crippen LogP contribution in [-0.2, 0) is 6.42 Å². The quantitative estimate of drug-likeness (QED) is 0.688. The highest BCUT2D eigenvalue weighted by Crippen LogP contribution is 2.28. The van der Waals surface area contributed by atoms with E-state index in [0.29, 0.717) is 0 Å². The summed E-state index contributed by atoms with van der Waals surface area (Å²) in [4.78, 5) is 10.1. The lowest BCUT2D eigenvalue weighted by molar-refractivity contribution is 0.201. The van der Waals surface area contributed by atoms with Gasteiger partial charge < -0.3 is 10.7 Å². The van der Waals surface area contributed by atoms with Crippen molar-refractivity contribution in [3.05, 3.63) is 17.2 Å². The normalized spacial score (nSPS) is 24.7. The third-order valence-corrected chi connectivity index (χ3v) is 2.90. The van der Waals surface area contributed by atoms with Crippen LogP contribution in [0.4, 0.5) is 0 Å². The molecule has 0 spiro atoms. The van der Waals surface area contributed by atoms with Crippen LogP contribution < -0.4 is 5.73 Å². The SMILES string of the molecule is Cc1nc2c([nH]1)CCN(C)C2C(C)N. The highest BCUT2D eigenvalue weighted by Gasteiger charge is 2.30. The molecule has 4 nitrogen and oxygen atoms in total. The number of hydrogen-bond acceptors (Lipinski definition) is 3. The molecule has 2 atom stereocenters. The van der Waals surface area contributed by atoms with Crippen molar-refractivity contribution in [2.75, 3.05) is 13.6 Å². The van der Waals surface area contributed by atoms with Gasteiger partial charge in [0, 0.05) is 24.7 Å². The van der Waals surface area contributed by atoms with E-state index in [1.54, 1.807) is 0 Å². The molecule has 0 saturated carbocycles. The van der Waals surface area contributed by atoms with Crippen LogP contribution in [0, 0.1) is 6.92 Å². The van der Waals surface area contributed by atoms with Gasteiger partial charge in [-0.3, -0.25) is 4.90 Å². The van der Waals surface area contributed by atoms with Gasteiger partial charge in [-0.15, -0.1) is 0 Å². The Kier molecular flexibility index (Phi) is 2.33. The zero-order valence-corrected chi connectivity index (χ0v) is 9.04. The number of aromatic amines is 1. The second kappa shape index (κ2) is 3.37. The second-order valence-electron chi connectivity index (χ2n) is 4.22. The Morgan fingerprint density at radius 1 is 1.64 bits per heavy atom. The fourth-order valence-electron chi connectivity index (χ4n) is 2.28. The maximum absolute atomic E-state index is 5.99. The van der Waals surface area contributed by atoms with Crippen molar-refractivity contribution in [3.63, 3.8) is 0 Å². The molecular weight excluding hydrogens is 176 g/mol. The van der Waals surface area contributed by atoms with Crippen molar-refractivity contribution in [2.45, 2.75) is 32.4 Å². The first kappa shape index (κ1) is 9.68. The van der Waals surface area contributed by atoms with Crippen molar-refractivity contribution >= 4 is 0 Å². The molecule has 1 aliphatic rings. The molecule has 0 radical (unpaired) electrons. The molecule has 0 bridgehead atoms. The van der Waals surface area contributed by atoms with E-state index < -0.39 is 0 Å². The number of nitrogens with one attached hydrogen (secondary N) is 1. The molecule has 3 N–H and O–H groups in total. The van der Waals surface area contributed by atoms with Crippen LogP contribution in [0.2, 0.25) is 0 Å². The van der Waals surface area contributed by atoms with Crippen LogP contribution in [0.15, 0.2) is 0 Å². The van der Waals surface area contributed by atoms with Crippen molar-refractivity contribution in [1.82, 2.24) is 14.9 Å². The number of hydrogen-bond donors (Lipinski definition) is 2. The molecular formula is C10H18N4. The average molecular weight is 194 g/mol. The predicted molar refractivity (Wildman–Crippen MR) is 56.0 cm³/mol. The minimum atomic E-state index is 0.127. The monoisotopic (exact) mass is 194 g/mol. The van der Waals surface area contributed by atoms with E-state index in [-0.39, 0.29) is 12.1 Å². The molecule has 14 heavy (non-hydrogen) atoms. The van der Waals surface area contributed by atoms with E-state index in [0.717, 1.165) is 24.5 Å². The van der Waals surface area contributed by atoms with Crippen LogP contribution in [0.25, 0.3) is 0 Å². The average Bonchev–Trinajstić information content (AvgIpc) is 2.43. The first-order chi connectivity index (χ1) is 6.59. The molecule has 0 aliphatic carbocycles. The lowest BCUT2D eigenvalue weighted by Crippen LogP contribution is -2.41. The Bertz CT molecular complexity index is 329. The Hall–Kier alpha value is -0.870. The van der Waals surface area contributed by atoms with Crippen molar-refractivity contribution < 1.29 is 0 Å². The Morgan fingerprint density at radius 2 is 2.36 bits per heavy atom. The van der Waals surface area contributed by atoms with Crippen LogP contribution in [-0.4, -0.2) is 34.5 Å². The smallest absolute Gasteiger partial charge is 0.103 e. The Labute approximate surface area is 84.5 Å². The zero-order valence-electron chi connectivity index (χ0n) is 9.04. The summed E-state index contributed by atoms with van der Waals surface area (Å²) in [5, 5.41) is 0. The van der Waals surface area contributed by atoms with Gasteiger partial charge in [-0.2, -0.15) is 0 Å². The zero-order chi connectivity index (χ0) is 10.3. The highest BCUT2D eigenvalue weighted by molar-refractivity contribution is 5.23. The molecule has 0 amide bonds. The summed E-state index contributed by atoms with van der Waals surface area (Å²) < 4.78 is 0. The summed E-state index contributed by atoms with van der Waals surface area (Å²) in [6.07, 6.45) is 1.05. The largest absolute Gasteiger partial charge is 0.346 e. The second-order valence-corrected chi connectivity index (χ2v) is 4.22. The standard InChI is InChI=1S/C10H18N4/c1-6(11)10-9-8(4-5-14(10)3)12-7(2)13-9/h6,10H,4-5,11H2,1-3H3,(H,12,13). The summed E-state index contributed by atoms with van der Waals surface area (Å²) in [7, 11) is 2.11. The van der Waals surface area contributed by atoms with E-state index in [2.05, 4.69) is 21.9 Å². The fourth-order valence-corrected chi connectivity index (χ4v) is 2.28. The maximum Gasteiger partial charge on any atom is 0.103 e. The van der Waals surface area contributed by atoms with Gasteiger partial charge in [0.15, 0.2) is 0 Å². The van der Waals surface area contributed by atoms with Gasteiger partial charge in [0.2, 0.25) is 0 Å². The van der Waals surface area contributed by atoms with E-state index in [1.807, 2.05) is 13.8 Å². The summed E-state index contributed by atoms with van der Waals surface area (Å²) >= 11 is 0. The summed E-state index contributed by atoms with van der Waals surface area (Å²) in [5.41, 5.74) is 8.40. The van der Waals surface area contributed by atoms with Crippen LogP contribution in [0.1, 0.15) is 30.2 Å². The van der Waals surface area contributed by atoms with Gasteiger partial charge >= 0.3 is 0 Å². The molecule has 1 aromatic heterocycles. The van der Waals surface area contributed by atoms with Crippen molar-refractivity contribution in [1.29, 1.82) is 0 Å². The third kappa shape index (κ3) is 1.44. The number of nitrogens with zero attached hydrogens (tertiary/aromatic N) is 2. The van der Waals surface area contributed by atoms with E-state index in [1.165, 1.54) is 5.69 Å². The lowest BCUT2D eigenvalue weighted by Gasteiger charge is -2.34. The molecule has 1 aromatic rings. The molecule has 78 valence electrons. The Morgan fingerprint density at radius 3 is 3.00 bits per heavy atom. The number of likely N-dealkylation sites (N-methyl/N-ethyl adjacent to an activating group) is 1. The number of H-pyrrole nitrogens is 1. The molecule has 2 rings (SSSR count). The first-order valence-corrected chi connectivity index (χ1v) is 5.11. The minimum Gasteiger partial charge on any atom is -0.346 e. The number of rotatable bonds is 1. The first-order valence-electron chi connectivity index (χ1n) is 5.11. The van der Waals surface area contributed by atoms with Gasteiger partial charge in [0.25, 0.3) is 0 Å². The van der Waals surface area contributed by atoms with Crippen LogP contribution in [0.5, 0.6) is 0 Å². The Balaban J connectivity index is 2.40. The van der Waals surface area contributed by atoms with Gasteiger partial charge in [0.1, 0.15) is 5.82 Å². The van der Waals surface area contributed by atoms with E-state index in [4.69, 9.17) is 5.73 Å².